The Bertz CT molecular complexity index is 624. The molecule has 0 radical (unpaired) electrons. The van der Waals surface area contributed by atoms with Crippen LogP contribution in [-0.2, 0) is 4.79 Å². The number of carbonyl (C=O) groups is 2. The van der Waals surface area contributed by atoms with Gasteiger partial charge in [0, 0.05) is 25.5 Å². The van der Waals surface area contributed by atoms with Gasteiger partial charge in [-0.15, -0.1) is 11.3 Å². The Balaban J connectivity index is 2.23. The molecule has 1 aromatic rings. The highest BCUT2D eigenvalue weighted by atomic mass is 32.1. The predicted octanol–water partition coefficient (Wildman–Crippen LogP) is 0.751. The number of rotatable bonds is 1. The van der Waals surface area contributed by atoms with Gasteiger partial charge in [-0.05, 0) is 19.9 Å². The maximum Gasteiger partial charge on any atom is 0.255 e. The topological polar surface area (TPSA) is 66.6 Å². The molecule has 2 amide bonds. The van der Waals surface area contributed by atoms with Crippen LogP contribution in [0.25, 0.3) is 0 Å². The summed E-state index contributed by atoms with van der Waals surface area (Å²) in [7, 11) is 1.76. The summed E-state index contributed by atoms with van der Waals surface area (Å²) in [5.74, 6) is 5.52. The van der Waals surface area contributed by atoms with Crippen LogP contribution in [0.1, 0.15) is 29.1 Å². The molecule has 0 bridgehead atoms. The third-order valence-electron chi connectivity index (χ3n) is 3.61. The molecule has 0 saturated carbocycles. The number of likely N-dealkylation sites (N-methyl/N-ethyl adjacent to an activating group) is 1. The first-order chi connectivity index (χ1) is 9.87. The van der Waals surface area contributed by atoms with Gasteiger partial charge in [-0.2, -0.15) is 0 Å². The molecular formula is C15H19N3O2S. The molecule has 0 aliphatic carbocycles. The summed E-state index contributed by atoms with van der Waals surface area (Å²) in [6.07, 6.45) is 0. The molecule has 0 atom stereocenters. The van der Waals surface area contributed by atoms with Crippen molar-refractivity contribution in [3.05, 3.63) is 21.9 Å². The van der Waals surface area contributed by atoms with Crippen molar-refractivity contribution in [2.45, 2.75) is 19.4 Å². The van der Waals surface area contributed by atoms with Crippen molar-refractivity contribution in [1.29, 1.82) is 0 Å². The zero-order valence-electron chi connectivity index (χ0n) is 12.5. The van der Waals surface area contributed by atoms with Gasteiger partial charge in [-0.3, -0.25) is 9.59 Å². The van der Waals surface area contributed by atoms with Crippen molar-refractivity contribution < 1.29 is 9.59 Å². The van der Waals surface area contributed by atoms with E-state index in [1.54, 1.807) is 42.1 Å². The summed E-state index contributed by atoms with van der Waals surface area (Å²) in [6, 6.07) is 1.76. The maximum absolute atomic E-state index is 12.6. The van der Waals surface area contributed by atoms with Crippen molar-refractivity contribution >= 4 is 23.2 Å². The Morgan fingerprint density at radius 1 is 1.48 bits per heavy atom. The number of piperazine rings is 1. The first-order valence-electron chi connectivity index (χ1n) is 6.73. The fourth-order valence-corrected chi connectivity index (χ4v) is 3.13. The molecule has 6 heteroatoms. The SMILES string of the molecule is CN1CCN(C(=O)c2csc(C#CCN)c2)C(C)(C)C1=O. The van der Waals surface area contributed by atoms with Gasteiger partial charge in [-0.25, -0.2) is 0 Å². The molecule has 0 spiro atoms. The van der Waals surface area contributed by atoms with Crippen LogP contribution in [0.4, 0.5) is 0 Å². The average molecular weight is 305 g/mol. The van der Waals surface area contributed by atoms with E-state index in [1.807, 2.05) is 0 Å². The van der Waals surface area contributed by atoms with E-state index in [9.17, 15) is 9.59 Å². The van der Waals surface area contributed by atoms with Crippen LogP contribution in [0.2, 0.25) is 0 Å². The van der Waals surface area contributed by atoms with Crippen molar-refractivity contribution in [3.63, 3.8) is 0 Å². The summed E-state index contributed by atoms with van der Waals surface area (Å²) in [5, 5.41) is 1.78. The van der Waals surface area contributed by atoms with E-state index in [1.165, 1.54) is 11.3 Å². The highest BCUT2D eigenvalue weighted by Crippen LogP contribution is 2.25. The first-order valence-corrected chi connectivity index (χ1v) is 7.61. The molecule has 0 aromatic carbocycles. The zero-order chi connectivity index (χ0) is 15.6. The van der Waals surface area contributed by atoms with E-state index in [-0.39, 0.29) is 11.8 Å². The lowest BCUT2D eigenvalue weighted by Gasteiger charge is -2.44. The summed E-state index contributed by atoms with van der Waals surface area (Å²) in [5.41, 5.74) is 5.09. The molecule has 2 N–H and O–H groups in total. The molecule has 112 valence electrons. The minimum absolute atomic E-state index is 0.0412. The molecule has 5 nitrogen and oxygen atoms in total. The second-order valence-corrected chi connectivity index (χ2v) is 6.36. The van der Waals surface area contributed by atoms with Gasteiger partial charge in [0.15, 0.2) is 0 Å². The minimum atomic E-state index is -0.824. The Labute approximate surface area is 128 Å². The Morgan fingerprint density at radius 2 is 2.19 bits per heavy atom. The van der Waals surface area contributed by atoms with Crippen molar-refractivity contribution in [2.24, 2.45) is 5.73 Å². The van der Waals surface area contributed by atoms with E-state index in [0.29, 0.717) is 25.2 Å². The third-order valence-corrected chi connectivity index (χ3v) is 4.45. The van der Waals surface area contributed by atoms with Crippen LogP contribution in [0.5, 0.6) is 0 Å². The van der Waals surface area contributed by atoms with Gasteiger partial charge in [0.05, 0.1) is 17.0 Å². The van der Waals surface area contributed by atoms with Crippen LogP contribution >= 0.6 is 11.3 Å². The van der Waals surface area contributed by atoms with E-state index < -0.39 is 5.54 Å². The van der Waals surface area contributed by atoms with Gasteiger partial charge in [0.2, 0.25) is 5.91 Å². The lowest BCUT2D eigenvalue weighted by molar-refractivity contribution is -0.144. The van der Waals surface area contributed by atoms with Gasteiger partial charge >= 0.3 is 0 Å². The molecule has 2 rings (SSSR count). The lowest BCUT2D eigenvalue weighted by atomic mass is 9.97. The van der Waals surface area contributed by atoms with Gasteiger partial charge in [0.1, 0.15) is 5.54 Å². The van der Waals surface area contributed by atoms with E-state index in [4.69, 9.17) is 5.73 Å². The molecule has 1 aromatic heterocycles. The quantitative estimate of drug-likeness (QED) is 0.779. The Hall–Kier alpha value is -1.84. The smallest absolute Gasteiger partial charge is 0.255 e. The molecular weight excluding hydrogens is 286 g/mol. The highest BCUT2D eigenvalue weighted by molar-refractivity contribution is 7.10. The average Bonchev–Trinajstić information content (AvgIpc) is 2.91. The second-order valence-electron chi connectivity index (χ2n) is 5.45. The molecule has 1 aliphatic rings. The van der Waals surface area contributed by atoms with Crippen LogP contribution in [0, 0.1) is 11.8 Å². The first kappa shape index (κ1) is 15.5. The number of hydrogen-bond acceptors (Lipinski definition) is 4. The number of hydrogen-bond donors (Lipinski definition) is 1. The van der Waals surface area contributed by atoms with Gasteiger partial charge < -0.3 is 15.5 Å². The summed E-state index contributed by atoms with van der Waals surface area (Å²) in [6.45, 7) is 4.95. The summed E-state index contributed by atoms with van der Waals surface area (Å²) >= 11 is 1.41. The fraction of sp³-hybridized carbons (Fsp3) is 0.467. The fourth-order valence-electron chi connectivity index (χ4n) is 2.38. The molecule has 0 unspecified atom stereocenters. The predicted molar refractivity (Wildman–Crippen MR) is 83.0 cm³/mol. The zero-order valence-corrected chi connectivity index (χ0v) is 13.3. The number of nitrogens with two attached hydrogens (primary N) is 1. The monoisotopic (exact) mass is 305 g/mol. The van der Waals surface area contributed by atoms with Crippen LogP contribution in [0.15, 0.2) is 11.4 Å². The van der Waals surface area contributed by atoms with Crippen LogP contribution < -0.4 is 5.73 Å². The number of thiophene rings is 1. The van der Waals surface area contributed by atoms with Crippen molar-refractivity contribution in [3.8, 4) is 11.8 Å². The van der Waals surface area contributed by atoms with Gasteiger partial charge in [0.25, 0.3) is 5.91 Å². The molecule has 1 saturated heterocycles. The molecule has 1 aliphatic heterocycles. The largest absolute Gasteiger partial charge is 0.342 e. The maximum atomic E-state index is 12.6. The van der Waals surface area contributed by atoms with Crippen molar-refractivity contribution in [2.75, 3.05) is 26.7 Å². The molecule has 2 heterocycles. The van der Waals surface area contributed by atoms with Crippen LogP contribution in [-0.4, -0.2) is 53.8 Å². The van der Waals surface area contributed by atoms with Gasteiger partial charge in [-0.1, -0.05) is 11.8 Å². The van der Waals surface area contributed by atoms with Crippen LogP contribution in [0.3, 0.4) is 0 Å². The Morgan fingerprint density at radius 3 is 2.86 bits per heavy atom. The standard InChI is InChI=1S/C15H19N3O2S/c1-15(2)14(20)17(3)7-8-18(15)13(19)11-9-12(21-10-11)5-4-6-16/h9-10H,6-8,16H2,1-3H3. The van der Waals surface area contributed by atoms with E-state index in [2.05, 4.69) is 11.8 Å². The normalized spacial score (nSPS) is 17.4. The molecule has 21 heavy (non-hydrogen) atoms. The summed E-state index contributed by atoms with van der Waals surface area (Å²) in [4.78, 5) is 29.0. The number of amides is 2. The molecule has 1 fully saturated rings. The second kappa shape index (κ2) is 5.88. The van der Waals surface area contributed by atoms with E-state index >= 15 is 0 Å². The van der Waals surface area contributed by atoms with Crippen molar-refractivity contribution in [1.82, 2.24) is 9.80 Å². The Kier molecular flexibility index (Phi) is 4.35. The van der Waals surface area contributed by atoms with E-state index in [0.717, 1.165) is 4.88 Å². The highest BCUT2D eigenvalue weighted by Gasteiger charge is 2.43. The lowest BCUT2D eigenvalue weighted by Crippen LogP contribution is -2.63. The third kappa shape index (κ3) is 2.94. The minimum Gasteiger partial charge on any atom is -0.342 e. The number of carbonyl (C=O) groups excluding carboxylic acids is 2. The number of nitrogens with zero attached hydrogens (tertiary/aromatic N) is 2. The summed E-state index contributed by atoms with van der Waals surface area (Å²) < 4.78 is 0.